The number of nitrogens with two attached hydrogens (primary N) is 1. The summed E-state index contributed by atoms with van der Waals surface area (Å²) in [5.74, 6) is 0.274. The van der Waals surface area contributed by atoms with Crippen LogP contribution in [0.3, 0.4) is 0 Å². The molecule has 2 N–H and O–H groups in total. The number of hydrogen-bond acceptors (Lipinski definition) is 3. The molecule has 1 fully saturated rings. The molecule has 20 heavy (non-hydrogen) atoms. The van der Waals surface area contributed by atoms with E-state index in [9.17, 15) is 4.79 Å². The molecule has 1 aliphatic heterocycles. The average molecular weight is 306 g/mol. The molecule has 0 aromatic carbocycles. The SMILES string of the molecule is CCCN(CCC)C(=O)CN1CCCCC1C(C)N.Cl. The van der Waals surface area contributed by atoms with Crippen molar-refractivity contribution >= 4 is 18.3 Å². The van der Waals surface area contributed by atoms with Crippen LogP contribution in [0.25, 0.3) is 0 Å². The van der Waals surface area contributed by atoms with Crippen molar-refractivity contribution in [3.8, 4) is 0 Å². The van der Waals surface area contributed by atoms with E-state index >= 15 is 0 Å². The van der Waals surface area contributed by atoms with Crippen LogP contribution in [0.2, 0.25) is 0 Å². The zero-order chi connectivity index (χ0) is 14.3. The van der Waals surface area contributed by atoms with Crippen LogP contribution in [0.5, 0.6) is 0 Å². The van der Waals surface area contributed by atoms with Gasteiger partial charge in [0.2, 0.25) is 5.91 Å². The molecule has 5 heteroatoms. The summed E-state index contributed by atoms with van der Waals surface area (Å²) in [5, 5.41) is 0. The molecule has 2 atom stereocenters. The molecule has 120 valence electrons. The Morgan fingerprint density at radius 3 is 2.40 bits per heavy atom. The van der Waals surface area contributed by atoms with Crippen molar-refractivity contribution < 1.29 is 4.79 Å². The zero-order valence-electron chi connectivity index (χ0n) is 13.3. The molecule has 0 aromatic rings. The van der Waals surface area contributed by atoms with Crippen LogP contribution in [-0.2, 0) is 4.79 Å². The summed E-state index contributed by atoms with van der Waals surface area (Å²) in [6.07, 6.45) is 5.63. The largest absolute Gasteiger partial charge is 0.342 e. The lowest BCUT2D eigenvalue weighted by Crippen LogP contribution is -2.52. The molecule has 0 spiro atoms. The molecule has 0 radical (unpaired) electrons. The minimum absolute atomic E-state index is 0. The zero-order valence-corrected chi connectivity index (χ0v) is 14.1. The van der Waals surface area contributed by atoms with Gasteiger partial charge < -0.3 is 10.6 Å². The highest BCUT2D eigenvalue weighted by atomic mass is 35.5. The fourth-order valence-electron chi connectivity index (χ4n) is 2.98. The van der Waals surface area contributed by atoms with Crippen molar-refractivity contribution in [3.63, 3.8) is 0 Å². The van der Waals surface area contributed by atoms with E-state index in [1.165, 1.54) is 12.8 Å². The number of rotatable bonds is 7. The van der Waals surface area contributed by atoms with Crippen LogP contribution in [-0.4, -0.2) is 54.0 Å². The number of amides is 1. The lowest BCUT2D eigenvalue weighted by molar-refractivity contribution is -0.133. The highest BCUT2D eigenvalue weighted by Gasteiger charge is 2.27. The molecule has 0 aromatic heterocycles. The maximum Gasteiger partial charge on any atom is 0.236 e. The predicted octanol–water partition coefficient (Wildman–Crippen LogP) is 2.26. The number of halogens is 1. The van der Waals surface area contributed by atoms with E-state index in [0.717, 1.165) is 38.9 Å². The highest BCUT2D eigenvalue weighted by Crippen LogP contribution is 2.19. The van der Waals surface area contributed by atoms with E-state index in [1.54, 1.807) is 0 Å². The van der Waals surface area contributed by atoms with Gasteiger partial charge in [-0.15, -0.1) is 12.4 Å². The first-order chi connectivity index (χ1) is 9.10. The van der Waals surface area contributed by atoms with Gasteiger partial charge in [0, 0.05) is 25.2 Å². The summed E-state index contributed by atoms with van der Waals surface area (Å²) in [4.78, 5) is 16.7. The third-order valence-corrected chi connectivity index (χ3v) is 3.95. The molecular weight excluding hydrogens is 274 g/mol. The van der Waals surface area contributed by atoms with E-state index in [2.05, 4.69) is 25.7 Å². The Morgan fingerprint density at radius 2 is 1.90 bits per heavy atom. The van der Waals surface area contributed by atoms with Crippen molar-refractivity contribution in [1.82, 2.24) is 9.80 Å². The fraction of sp³-hybridized carbons (Fsp3) is 0.933. The third-order valence-electron chi connectivity index (χ3n) is 3.95. The summed E-state index contributed by atoms with van der Waals surface area (Å²) >= 11 is 0. The number of carbonyl (C=O) groups is 1. The van der Waals surface area contributed by atoms with Gasteiger partial charge in [-0.3, -0.25) is 9.69 Å². The Balaban J connectivity index is 0.00000361. The van der Waals surface area contributed by atoms with E-state index in [4.69, 9.17) is 5.73 Å². The lowest BCUT2D eigenvalue weighted by atomic mass is 9.97. The number of nitrogens with zero attached hydrogens (tertiary/aromatic N) is 2. The molecule has 1 rings (SSSR count). The minimum atomic E-state index is 0. The Morgan fingerprint density at radius 1 is 1.30 bits per heavy atom. The summed E-state index contributed by atoms with van der Waals surface area (Å²) in [5.41, 5.74) is 6.06. The molecule has 0 saturated carbocycles. The van der Waals surface area contributed by atoms with Gasteiger partial charge in [-0.25, -0.2) is 0 Å². The fourth-order valence-corrected chi connectivity index (χ4v) is 2.98. The normalized spacial score (nSPS) is 21.1. The van der Waals surface area contributed by atoms with E-state index < -0.39 is 0 Å². The van der Waals surface area contributed by atoms with Gasteiger partial charge in [0.1, 0.15) is 0 Å². The van der Waals surface area contributed by atoms with Crippen molar-refractivity contribution in [3.05, 3.63) is 0 Å². The topological polar surface area (TPSA) is 49.6 Å². The van der Waals surface area contributed by atoms with E-state index in [0.29, 0.717) is 12.6 Å². The second-order valence-electron chi connectivity index (χ2n) is 5.77. The molecule has 0 aliphatic carbocycles. The smallest absolute Gasteiger partial charge is 0.236 e. The van der Waals surface area contributed by atoms with Crippen molar-refractivity contribution in [1.29, 1.82) is 0 Å². The van der Waals surface area contributed by atoms with Crippen molar-refractivity contribution in [2.45, 2.75) is 65.0 Å². The first-order valence-corrected chi connectivity index (χ1v) is 7.87. The second kappa shape index (κ2) is 10.4. The molecule has 1 heterocycles. The quantitative estimate of drug-likeness (QED) is 0.785. The van der Waals surface area contributed by atoms with Crippen LogP contribution >= 0.6 is 12.4 Å². The summed E-state index contributed by atoms with van der Waals surface area (Å²) in [6.45, 7) is 9.63. The summed E-state index contributed by atoms with van der Waals surface area (Å²) in [6, 6.07) is 0.529. The van der Waals surface area contributed by atoms with E-state index in [-0.39, 0.29) is 24.4 Å². The van der Waals surface area contributed by atoms with Crippen LogP contribution in [0.15, 0.2) is 0 Å². The van der Waals surface area contributed by atoms with Gasteiger partial charge in [-0.2, -0.15) is 0 Å². The Hall–Kier alpha value is -0.320. The highest BCUT2D eigenvalue weighted by molar-refractivity contribution is 5.85. The maximum atomic E-state index is 12.4. The second-order valence-corrected chi connectivity index (χ2v) is 5.77. The molecule has 1 aliphatic rings. The Labute approximate surface area is 130 Å². The molecule has 0 bridgehead atoms. The third kappa shape index (κ3) is 5.98. The number of piperidine rings is 1. The standard InChI is InChI=1S/C15H31N3O.ClH/c1-4-9-17(10-5-2)15(19)12-18-11-7-6-8-14(18)13(3)16;/h13-14H,4-12,16H2,1-3H3;1H. The molecule has 4 nitrogen and oxygen atoms in total. The maximum absolute atomic E-state index is 12.4. The van der Waals surface area contributed by atoms with Gasteiger partial charge in [0.05, 0.1) is 6.54 Å². The lowest BCUT2D eigenvalue weighted by Gasteiger charge is -2.38. The number of likely N-dealkylation sites (tertiary alicyclic amines) is 1. The van der Waals surface area contributed by atoms with Crippen molar-refractivity contribution in [2.75, 3.05) is 26.2 Å². The molecule has 2 unspecified atom stereocenters. The first kappa shape index (κ1) is 19.7. The monoisotopic (exact) mass is 305 g/mol. The van der Waals surface area contributed by atoms with Crippen LogP contribution < -0.4 is 5.73 Å². The van der Waals surface area contributed by atoms with Crippen LogP contribution in [0.1, 0.15) is 52.9 Å². The molecular formula is C15H32ClN3O. The van der Waals surface area contributed by atoms with Crippen LogP contribution in [0.4, 0.5) is 0 Å². The van der Waals surface area contributed by atoms with Crippen LogP contribution in [0, 0.1) is 0 Å². The van der Waals surface area contributed by atoms with Gasteiger partial charge in [-0.05, 0) is 39.2 Å². The number of hydrogen-bond donors (Lipinski definition) is 1. The van der Waals surface area contributed by atoms with Gasteiger partial charge in [0.25, 0.3) is 0 Å². The van der Waals surface area contributed by atoms with Gasteiger partial charge in [0.15, 0.2) is 0 Å². The molecule has 1 amide bonds. The first-order valence-electron chi connectivity index (χ1n) is 7.87. The van der Waals surface area contributed by atoms with E-state index in [1.807, 2.05) is 4.90 Å². The van der Waals surface area contributed by atoms with Gasteiger partial charge >= 0.3 is 0 Å². The predicted molar refractivity (Wildman–Crippen MR) is 87.3 cm³/mol. The average Bonchev–Trinajstić information content (AvgIpc) is 2.38. The number of carbonyl (C=O) groups excluding carboxylic acids is 1. The van der Waals surface area contributed by atoms with Gasteiger partial charge in [-0.1, -0.05) is 20.3 Å². The minimum Gasteiger partial charge on any atom is -0.342 e. The Bertz CT molecular complexity index is 268. The Kier molecular flexibility index (Phi) is 10.2. The summed E-state index contributed by atoms with van der Waals surface area (Å²) in [7, 11) is 0. The van der Waals surface area contributed by atoms with Crippen molar-refractivity contribution in [2.24, 2.45) is 5.73 Å². The molecule has 1 saturated heterocycles. The summed E-state index contributed by atoms with van der Waals surface area (Å²) < 4.78 is 0.